The summed E-state index contributed by atoms with van der Waals surface area (Å²) < 4.78 is 7.39. The van der Waals surface area contributed by atoms with Gasteiger partial charge in [-0.3, -0.25) is 9.48 Å². The van der Waals surface area contributed by atoms with Gasteiger partial charge in [-0.15, -0.1) is 0 Å². The number of nitrogens with zero attached hydrogens (tertiary/aromatic N) is 4. The zero-order valence-corrected chi connectivity index (χ0v) is 20.8. The Morgan fingerprint density at radius 2 is 1.76 bits per heavy atom. The number of nitrogens with one attached hydrogen (secondary N) is 1. The van der Waals surface area contributed by atoms with Gasteiger partial charge >= 0.3 is 0 Å². The second-order valence-corrected chi connectivity index (χ2v) is 8.74. The summed E-state index contributed by atoms with van der Waals surface area (Å²) in [5.41, 5.74) is 6.59. The van der Waals surface area contributed by atoms with Crippen LogP contribution in [0.5, 0.6) is 5.75 Å². The third kappa shape index (κ3) is 4.65. The average molecular weight is 488 g/mol. The molecule has 0 fully saturated rings. The van der Waals surface area contributed by atoms with Crippen molar-refractivity contribution in [2.45, 2.75) is 20.4 Å². The number of aromatic nitrogens is 3. The Balaban J connectivity index is 1.50. The summed E-state index contributed by atoms with van der Waals surface area (Å²) in [4.78, 5) is 18.5. The van der Waals surface area contributed by atoms with Crippen molar-refractivity contribution in [1.29, 1.82) is 5.26 Å². The number of methoxy groups -OCH3 is 1. The first-order valence-electron chi connectivity index (χ1n) is 11.9. The number of carbonyl (C=O) groups excluding carboxylic acids is 1. The molecule has 0 aliphatic carbocycles. The van der Waals surface area contributed by atoms with E-state index in [2.05, 4.69) is 16.5 Å². The summed E-state index contributed by atoms with van der Waals surface area (Å²) in [5, 5.41) is 17.5. The molecule has 0 bridgehead atoms. The van der Waals surface area contributed by atoms with Crippen molar-refractivity contribution in [3.8, 4) is 23.1 Å². The highest BCUT2D eigenvalue weighted by atomic mass is 16.5. The van der Waals surface area contributed by atoms with E-state index in [-0.39, 0.29) is 5.91 Å². The third-order valence-corrected chi connectivity index (χ3v) is 6.38. The number of amides is 1. The van der Waals surface area contributed by atoms with Crippen molar-refractivity contribution in [3.05, 3.63) is 107 Å². The molecule has 2 heterocycles. The molecule has 1 N–H and O–H groups in total. The second-order valence-electron chi connectivity index (χ2n) is 8.74. The van der Waals surface area contributed by atoms with E-state index < -0.39 is 0 Å². The number of aryl methyl sites for hydroxylation is 1. The molecule has 2 aromatic heterocycles. The highest BCUT2D eigenvalue weighted by Gasteiger charge is 2.19. The minimum Gasteiger partial charge on any atom is -0.496 e. The molecule has 0 saturated heterocycles. The van der Waals surface area contributed by atoms with E-state index in [1.807, 2.05) is 79.2 Å². The first kappa shape index (κ1) is 23.8. The van der Waals surface area contributed by atoms with Crippen molar-refractivity contribution < 1.29 is 9.53 Å². The van der Waals surface area contributed by atoms with Gasteiger partial charge in [0.1, 0.15) is 5.75 Å². The highest BCUT2D eigenvalue weighted by Crippen LogP contribution is 2.32. The number of nitriles is 1. The SMILES string of the molecule is COc1ccccc1-c1cc(C(=O)Nc2c(C)nn(Cc3ccc(C#N)cc3)c2C)c2ccccc2n1. The zero-order chi connectivity index (χ0) is 25.9. The predicted octanol–water partition coefficient (Wildman–Crippen LogP) is 5.90. The van der Waals surface area contributed by atoms with E-state index in [4.69, 9.17) is 15.0 Å². The maximum absolute atomic E-state index is 13.7. The van der Waals surface area contributed by atoms with Crippen molar-refractivity contribution >= 4 is 22.5 Å². The van der Waals surface area contributed by atoms with Crippen LogP contribution in [0.15, 0.2) is 78.9 Å². The van der Waals surface area contributed by atoms with Gasteiger partial charge in [0.25, 0.3) is 5.91 Å². The van der Waals surface area contributed by atoms with Gasteiger partial charge in [0.05, 0.1) is 59.1 Å². The van der Waals surface area contributed by atoms with Crippen LogP contribution in [0.25, 0.3) is 22.2 Å². The summed E-state index contributed by atoms with van der Waals surface area (Å²) in [7, 11) is 1.62. The van der Waals surface area contributed by atoms with Crippen LogP contribution < -0.4 is 10.1 Å². The molecular weight excluding hydrogens is 462 g/mol. The fraction of sp³-hybridized carbons (Fsp3) is 0.133. The van der Waals surface area contributed by atoms with E-state index in [0.29, 0.717) is 34.8 Å². The van der Waals surface area contributed by atoms with Gasteiger partial charge in [-0.2, -0.15) is 10.4 Å². The molecule has 1 amide bonds. The van der Waals surface area contributed by atoms with Crippen molar-refractivity contribution in [3.63, 3.8) is 0 Å². The van der Waals surface area contributed by atoms with Gasteiger partial charge in [0.15, 0.2) is 0 Å². The molecule has 5 aromatic rings. The fourth-order valence-electron chi connectivity index (χ4n) is 4.43. The number of ether oxygens (including phenoxy) is 1. The summed E-state index contributed by atoms with van der Waals surface area (Å²) in [5.74, 6) is 0.450. The number of rotatable bonds is 6. The van der Waals surface area contributed by atoms with Crippen molar-refractivity contribution in [2.75, 3.05) is 12.4 Å². The van der Waals surface area contributed by atoms with Crippen molar-refractivity contribution in [2.24, 2.45) is 0 Å². The molecular formula is C30H25N5O2. The molecule has 37 heavy (non-hydrogen) atoms. The molecule has 182 valence electrons. The predicted molar refractivity (Wildman–Crippen MR) is 144 cm³/mol. The number of carbonyl (C=O) groups is 1. The minimum atomic E-state index is -0.237. The lowest BCUT2D eigenvalue weighted by atomic mass is 10.0. The van der Waals surface area contributed by atoms with E-state index in [1.54, 1.807) is 25.3 Å². The zero-order valence-electron chi connectivity index (χ0n) is 20.8. The summed E-state index contributed by atoms with van der Waals surface area (Å²) in [6, 6.07) is 26.6. The lowest BCUT2D eigenvalue weighted by molar-refractivity contribution is 0.102. The molecule has 0 spiro atoms. The normalized spacial score (nSPS) is 10.8. The van der Waals surface area contributed by atoms with Crippen LogP contribution in [-0.2, 0) is 6.54 Å². The Morgan fingerprint density at radius 3 is 2.51 bits per heavy atom. The molecule has 7 nitrogen and oxygen atoms in total. The van der Waals surface area contributed by atoms with Crippen LogP contribution in [-0.4, -0.2) is 27.8 Å². The van der Waals surface area contributed by atoms with E-state index >= 15 is 0 Å². The average Bonchev–Trinajstić information content (AvgIpc) is 3.19. The summed E-state index contributed by atoms with van der Waals surface area (Å²) in [6.45, 7) is 4.34. The molecule has 0 radical (unpaired) electrons. The minimum absolute atomic E-state index is 0.237. The number of hydrogen-bond donors (Lipinski definition) is 1. The Bertz CT molecular complexity index is 1660. The van der Waals surface area contributed by atoms with Gasteiger partial charge in [-0.25, -0.2) is 4.98 Å². The number of benzene rings is 3. The lowest BCUT2D eigenvalue weighted by Crippen LogP contribution is -2.14. The van der Waals surface area contributed by atoms with Gasteiger partial charge in [-0.1, -0.05) is 42.5 Å². The fourth-order valence-corrected chi connectivity index (χ4v) is 4.43. The highest BCUT2D eigenvalue weighted by molar-refractivity contribution is 6.13. The Morgan fingerprint density at radius 1 is 1.03 bits per heavy atom. The topological polar surface area (TPSA) is 92.8 Å². The molecule has 0 unspecified atom stereocenters. The smallest absolute Gasteiger partial charge is 0.256 e. The molecule has 0 aliphatic rings. The molecule has 0 atom stereocenters. The Hall–Kier alpha value is -4.96. The number of anilines is 1. The van der Waals surface area contributed by atoms with E-state index in [0.717, 1.165) is 33.4 Å². The molecule has 0 aliphatic heterocycles. The summed E-state index contributed by atoms with van der Waals surface area (Å²) >= 11 is 0. The van der Waals surface area contributed by atoms with Gasteiger partial charge in [0.2, 0.25) is 0 Å². The van der Waals surface area contributed by atoms with E-state index in [1.165, 1.54) is 0 Å². The van der Waals surface area contributed by atoms with Crippen LogP contribution in [0.4, 0.5) is 5.69 Å². The standard InChI is InChI=1S/C30H25N5O2/c1-19-29(20(2)35(34-19)18-22-14-12-21(17-31)13-15-22)33-30(36)25-16-27(24-9-5-7-11-28(24)37-3)32-26-10-6-4-8-23(25)26/h4-16H,18H2,1-3H3,(H,33,36). The van der Waals surface area contributed by atoms with Crippen LogP contribution in [0.1, 0.15) is 32.9 Å². The van der Waals surface area contributed by atoms with E-state index in [9.17, 15) is 4.79 Å². The van der Waals surface area contributed by atoms with Gasteiger partial charge in [0, 0.05) is 10.9 Å². The number of pyridine rings is 1. The maximum Gasteiger partial charge on any atom is 0.256 e. The van der Waals surface area contributed by atoms with Crippen LogP contribution in [0.3, 0.4) is 0 Å². The van der Waals surface area contributed by atoms with Crippen LogP contribution in [0, 0.1) is 25.2 Å². The molecule has 7 heteroatoms. The summed E-state index contributed by atoms with van der Waals surface area (Å²) in [6.07, 6.45) is 0. The van der Waals surface area contributed by atoms with Gasteiger partial charge in [-0.05, 0) is 55.8 Å². The monoisotopic (exact) mass is 487 g/mol. The maximum atomic E-state index is 13.7. The molecule has 5 rings (SSSR count). The van der Waals surface area contributed by atoms with Gasteiger partial charge < -0.3 is 10.1 Å². The molecule has 0 saturated carbocycles. The van der Waals surface area contributed by atoms with Crippen LogP contribution in [0.2, 0.25) is 0 Å². The Kier molecular flexibility index (Phi) is 6.40. The number of para-hydroxylation sites is 2. The Labute approximate surface area is 215 Å². The third-order valence-electron chi connectivity index (χ3n) is 6.38. The van der Waals surface area contributed by atoms with Crippen LogP contribution >= 0.6 is 0 Å². The first-order valence-corrected chi connectivity index (χ1v) is 11.9. The number of hydrogen-bond acceptors (Lipinski definition) is 5. The first-order chi connectivity index (χ1) is 18.0. The molecule has 3 aromatic carbocycles. The lowest BCUT2D eigenvalue weighted by Gasteiger charge is -2.13. The quantitative estimate of drug-likeness (QED) is 0.322. The number of fused-ring (bicyclic) bond motifs is 1. The van der Waals surface area contributed by atoms with Crippen molar-refractivity contribution in [1.82, 2.24) is 14.8 Å². The second kappa shape index (κ2) is 9.96. The largest absolute Gasteiger partial charge is 0.496 e.